The Bertz CT molecular complexity index is 863. The first kappa shape index (κ1) is 22.9. The van der Waals surface area contributed by atoms with E-state index in [0.29, 0.717) is 19.8 Å². The van der Waals surface area contributed by atoms with Crippen molar-refractivity contribution in [3.63, 3.8) is 0 Å². The summed E-state index contributed by atoms with van der Waals surface area (Å²) in [6, 6.07) is 16.4. The van der Waals surface area contributed by atoms with Gasteiger partial charge in [0, 0.05) is 45.9 Å². The fourth-order valence-electron chi connectivity index (χ4n) is 4.18. The van der Waals surface area contributed by atoms with Crippen molar-refractivity contribution in [2.24, 2.45) is 0 Å². The minimum Gasteiger partial charge on any atom is -0.494 e. The van der Waals surface area contributed by atoms with Crippen LogP contribution < -0.4 is 15.0 Å². The van der Waals surface area contributed by atoms with Gasteiger partial charge >= 0.3 is 0 Å². The molecule has 2 saturated heterocycles. The van der Waals surface area contributed by atoms with Crippen molar-refractivity contribution >= 4 is 23.2 Å². The van der Waals surface area contributed by atoms with E-state index in [1.807, 2.05) is 30.3 Å². The third kappa shape index (κ3) is 6.37. The van der Waals surface area contributed by atoms with Crippen LogP contribution in [0.1, 0.15) is 24.8 Å². The molecule has 0 aliphatic carbocycles. The van der Waals surface area contributed by atoms with E-state index in [2.05, 4.69) is 33.3 Å². The molecule has 1 N–H and O–H groups in total. The summed E-state index contributed by atoms with van der Waals surface area (Å²) < 4.78 is 11.2. The molecule has 32 heavy (non-hydrogen) atoms. The summed E-state index contributed by atoms with van der Waals surface area (Å²) >= 11 is 6.34. The molecular formula is C25H32ClN3O3. The van der Waals surface area contributed by atoms with E-state index in [4.69, 9.17) is 21.1 Å². The molecule has 4 rings (SSSR count). The Hall–Kier alpha value is -2.28. The van der Waals surface area contributed by atoms with Crippen LogP contribution in [0.5, 0.6) is 5.75 Å². The van der Waals surface area contributed by atoms with Gasteiger partial charge in [-0.25, -0.2) is 0 Å². The second-order valence-corrected chi connectivity index (χ2v) is 8.76. The second kappa shape index (κ2) is 11.5. The van der Waals surface area contributed by atoms with Crippen LogP contribution in [0, 0.1) is 0 Å². The Balaban J connectivity index is 1.13. The predicted molar refractivity (Wildman–Crippen MR) is 127 cm³/mol. The van der Waals surface area contributed by atoms with Gasteiger partial charge in [-0.1, -0.05) is 35.9 Å². The minimum atomic E-state index is -0.262. The van der Waals surface area contributed by atoms with Gasteiger partial charge in [0.1, 0.15) is 11.9 Å². The molecular weight excluding hydrogens is 426 g/mol. The number of amides is 1. The lowest BCUT2D eigenvalue weighted by molar-refractivity contribution is -0.130. The number of nitrogens with zero attached hydrogens (tertiary/aromatic N) is 2. The summed E-state index contributed by atoms with van der Waals surface area (Å²) in [7, 11) is 0. The van der Waals surface area contributed by atoms with Crippen molar-refractivity contribution in [1.29, 1.82) is 0 Å². The molecule has 7 heteroatoms. The number of para-hydroxylation sites is 1. The first-order chi connectivity index (χ1) is 15.7. The molecule has 2 fully saturated rings. The van der Waals surface area contributed by atoms with Gasteiger partial charge < -0.3 is 19.7 Å². The number of anilines is 1. The molecule has 0 aromatic heterocycles. The average Bonchev–Trinajstić information content (AvgIpc) is 3.36. The number of piperazine rings is 1. The summed E-state index contributed by atoms with van der Waals surface area (Å²) in [5, 5.41) is 3.74. The normalized spacial score (nSPS) is 19.2. The molecule has 2 aliphatic rings. The summed E-state index contributed by atoms with van der Waals surface area (Å²) in [6.07, 6.45) is 2.31. The van der Waals surface area contributed by atoms with Gasteiger partial charge in [0.25, 0.3) is 0 Å². The Labute approximate surface area is 195 Å². The van der Waals surface area contributed by atoms with Crippen LogP contribution >= 0.6 is 11.6 Å². The van der Waals surface area contributed by atoms with Gasteiger partial charge in [-0.05, 0) is 49.1 Å². The zero-order valence-electron chi connectivity index (χ0n) is 18.5. The van der Waals surface area contributed by atoms with E-state index < -0.39 is 0 Å². The van der Waals surface area contributed by atoms with E-state index in [1.54, 1.807) is 0 Å². The number of hydrogen-bond donors (Lipinski definition) is 1. The lowest BCUT2D eigenvalue weighted by Gasteiger charge is -2.36. The summed E-state index contributed by atoms with van der Waals surface area (Å²) in [6.45, 7) is 6.80. The van der Waals surface area contributed by atoms with E-state index in [0.717, 1.165) is 68.4 Å². The van der Waals surface area contributed by atoms with Gasteiger partial charge in [-0.3, -0.25) is 9.69 Å². The number of benzene rings is 2. The lowest BCUT2D eigenvalue weighted by Crippen LogP contribution is -2.46. The lowest BCUT2D eigenvalue weighted by atomic mass is 10.2. The van der Waals surface area contributed by atoms with E-state index in [-0.39, 0.29) is 12.0 Å². The van der Waals surface area contributed by atoms with E-state index in [1.165, 1.54) is 5.56 Å². The molecule has 172 valence electrons. The van der Waals surface area contributed by atoms with Crippen LogP contribution in [0.25, 0.3) is 0 Å². The Morgan fingerprint density at radius 3 is 2.59 bits per heavy atom. The van der Waals surface area contributed by atoms with Crippen LogP contribution in [-0.4, -0.2) is 62.8 Å². The fraction of sp³-hybridized carbons (Fsp3) is 0.480. The number of carbonyl (C=O) groups excluding carboxylic acids is 1. The molecule has 1 atom stereocenters. The molecule has 2 heterocycles. The standard InChI is InChI=1S/C25H32ClN3O3/c26-22-5-1-2-6-23(22)29-15-13-28(14-16-29)19-20-8-10-21(11-9-20)31-18-4-12-27-25(30)24-7-3-17-32-24/h1-2,5-6,8-11,24H,3-4,7,12-19H2,(H,27,30)/t24-/m1/s1. The van der Waals surface area contributed by atoms with Gasteiger partial charge in [-0.2, -0.15) is 0 Å². The number of ether oxygens (including phenoxy) is 2. The van der Waals surface area contributed by atoms with Crippen LogP contribution in [0.4, 0.5) is 5.69 Å². The highest BCUT2D eigenvalue weighted by atomic mass is 35.5. The fourth-order valence-corrected chi connectivity index (χ4v) is 4.43. The van der Waals surface area contributed by atoms with Crippen molar-refractivity contribution in [2.45, 2.75) is 31.9 Å². The number of hydrogen-bond acceptors (Lipinski definition) is 5. The highest BCUT2D eigenvalue weighted by Crippen LogP contribution is 2.26. The number of rotatable bonds is 9. The van der Waals surface area contributed by atoms with Crippen molar-refractivity contribution < 1.29 is 14.3 Å². The molecule has 2 aromatic rings. The summed E-state index contributed by atoms with van der Waals surface area (Å²) in [4.78, 5) is 16.7. The van der Waals surface area contributed by atoms with E-state index >= 15 is 0 Å². The molecule has 0 unspecified atom stereocenters. The Morgan fingerprint density at radius 1 is 1.09 bits per heavy atom. The monoisotopic (exact) mass is 457 g/mol. The SMILES string of the molecule is O=C(NCCCOc1ccc(CN2CCN(c3ccccc3Cl)CC2)cc1)[C@H]1CCCO1. The van der Waals surface area contributed by atoms with Crippen LogP contribution in [0.2, 0.25) is 5.02 Å². The smallest absolute Gasteiger partial charge is 0.249 e. The molecule has 6 nitrogen and oxygen atoms in total. The first-order valence-electron chi connectivity index (χ1n) is 11.5. The maximum atomic E-state index is 11.9. The number of halogens is 1. The van der Waals surface area contributed by atoms with Crippen LogP contribution in [0.3, 0.4) is 0 Å². The van der Waals surface area contributed by atoms with Crippen LogP contribution in [0.15, 0.2) is 48.5 Å². The molecule has 0 bridgehead atoms. The zero-order chi connectivity index (χ0) is 22.2. The quantitative estimate of drug-likeness (QED) is 0.581. The van der Waals surface area contributed by atoms with Crippen molar-refractivity contribution in [2.75, 3.05) is 50.8 Å². The third-order valence-electron chi connectivity index (χ3n) is 6.01. The highest BCUT2D eigenvalue weighted by Gasteiger charge is 2.22. The number of carbonyl (C=O) groups is 1. The van der Waals surface area contributed by atoms with Crippen molar-refractivity contribution in [3.05, 3.63) is 59.1 Å². The maximum Gasteiger partial charge on any atom is 0.249 e. The summed E-state index contributed by atoms with van der Waals surface area (Å²) in [5.41, 5.74) is 2.41. The maximum absolute atomic E-state index is 11.9. The van der Waals surface area contributed by atoms with Crippen molar-refractivity contribution in [3.8, 4) is 5.75 Å². The molecule has 0 spiro atoms. The Kier molecular flexibility index (Phi) is 8.26. The minimum absolute atomic E-state index is 0.000414. The Morgan fingerprint density at radius 2 is 1.88 bits per heavy atom. The van der Waals surface area contributed by atoms with Gasteiger partial charge in [0.2, 0.25) is 5.91 Å². The van der Waals surface area contributed by atoms with Gasteiger partial charge in [0.05, 0.1) is 17.3 Å². The zero-order valence-corrected chi connectivity index (χ0v) is 19.2. The van der Waals surface area contributed by atoms with Crippen LogP contribution in [-0.2, 0) is 16.1 Å². The van der Waals surface area contributed by atoms with Gasteiger partial charge in [0.15, 0.2) is 0 Å². The molecule has 1 amide bonds. The van der Waals surface area contributed by atoms with Crippen molar-refractivity contribution in [1.82, 2.24) is 10.2 Å². The largest absolute Gasteiger partial charge is 0.494 e. The van der Waals surface area contributed by atoms with Gasteiger partial charge in [-0.15, -0.1) is 0 Å². The third-order valence-corrected chi connectivity index (χ3v) is 6.33. The molecule has 0 radical (unpaired) electrons. The first-order valence-corrected chi connectivity index (χ1v) is 11.9. The molecule has 2 aliphatic heterocycles. The highest BCUT2D eigenvalue weighted by molar-refractivity contribution is 6.33. The topological polar surface area (TPSA) is 54.0 Å². The molecule has 2 aromatic carbocycles. The van der Waals surface area contributed by atoms with E-state index in [9.17, 15) is 4.79 Å². The average molecular weight is 458 g/mol. The summed E-state index contributed by atoms with van der Waals surface area (Å²) in [5.74, 6) is 0.863. The number of nitrogens with one attached hydrogen (secondary N) is 1. The second-order valence-electron chi connectivity index (χ2n) is 8.35. The molecule has 0 saturated carbocycles. The predicted octanol–water partition coefficient (Wildman–Crippen LogP) is 3.73.